The molecule has 1 saturated heterocycles. The van der Waals surface area contributed by atoms with Crippen LogP contribution in [-0.4, -0.2) is 36.8 Å². The van der Waals surface area contributed by atoms with Crippen LogP contribution in [0.1, 0.15) is 57.4 Å². The molecular formula is C23H31ClN2O3S. The highest BCUT2D eigenvalue weighted by atomic mass is 35.5. The van der Waals surface area contributed by atoms with Crippen molar-refractivity contribution in [2.45, 2.75) is 75.3 Å². The van der Waals surface area contributed by atoms with Gasteiger partial charge in [0.1, 0.15) is 5.54 Å². The molecule has 1 heterocycles. The number of rotatable bonds is 4. The highest BCUT2D eigenvalue weighted by Gasteiger charge is 2.53. The molecule has 5 aliphatic rings. The predicted molar refractivity (Wildman–Crippen MR) is 117 cm³/mol. The average molecular weight is 451 g/mol. The molecule has 4 bridgehead atoms. The maximum atomic E-state index is 13.6. The molecule has 30 heavy (non-hydrogen) atoms. The first-order valence-electron chi connectivity index (χ1n) is 11.3. The number of nitrogens with one attached hydrogen (secondary N) is 1. The summed E-state index contributed by atoms with van der Waals surface area (Å²) in [6.07, 6.45) is 7.49. The third kappa shape index (κ3) is 3.13. The van der Waals surface area contributed by atoms with Crippen LogP contribution in [-0.2, 0) is 14.8 Å². The van der Waals surface area contributed by atoms with Gasteiger partial charge >= 0.3 is 0 Å². The molecule has 6 rings (SSSR count). The summed E-state index contributed by atoms with van der Waals surface area (Å²) in [5.41, 5.74) is -0.516. The Morgan fingerprint density at radius 2 is 1.77 bits per heavy atom. The van der Waals surface area contributed by atoms with Gasteiger partial charge in [0.05, 0.1) is 4.90 Å². The highest BCUT2D eigenvalue weighted by molar-refractivity contribution is 7.89. The second kappa shape index (κ2) is 7.21. The molecule has 1 amide bonds. The van der Waals surface area contributed by atoms with Crippen LogP contribution in [0.15, 0.2) is 23.1 Å². The third-order valence-corrected chi connectivity index (χ3v) is 10.9. The Hall–Kier alpha value is -1.11. The van der Waals surface area contributed by atoms with E-state index in [4.69, 9.17) is 11.6 Å². The minimum Gasteiger partial charge on any atom is -0.351 e. The van der Waals surface area contributed by atoms with Crippen LogP contribution in [0.5, 0.6) is 0 Å². The van der Waals surface area contributed by atoms with Crippen molar-refractivity contribution < 1.29 is 13.2 Å². The second-order valence-electron chi connectivity index (χ2n) is 10.2. The molecule has 0 radical (unpaired) electrons. The van der Waals surface area contributed by atoms with Crippen molar-refractivity contribution in [2.75, 3.05) is 6.54 Å². The Morgan fingerprint density at radius 3 is 2.40 bits per heavy atom. The monoisotopic (exact) mass is 450 g/mol. The van der Waals surface area contributed by atoms with Crippen molar-refractivity contribution in [1.82, 2.24) is 9.62 Å². The smallest absolute Gasteiger partial charge is 0.244 e. The Bertz CT molecular complexity index is 951. The van der Waals surface area contributed by atoms with Gasteiger partial charge in [0.2, 0.25) is 15.9 Å². The summed E-state index contributed by atoms with van der Waals surface area (Å²) in [6.45, 7) is 3.87. The lowest BCUT2D eigenvalue weighted by atomic mass is 9.54. The summed E-state index contributed by atoms with van der Waals surface area (Å²) in [4.78, 5) is 13.8. The number of carbonyl (C=O) groups is 1. The molecule has 0 aromatic heterocycles. The van der Waals surface area contributed by atoms with E-state index in [0.29, 0.717) is 41.8 Å². The molecule has 7 heteroatoms. The molecule has 4 saturated carbocycles. The second-order valence-corrected chi connectivity index (χ2v) is 12.5. The lowest BCUT2D eigenvalue weighted by molar-refractivity contribution is -0.132. The van der Waals surface area contributed by atoms with Crippen LogP contribution in [0, 0.1) is 30.6 Å². The van der Waals surface area contributed by atoms with E-state index in [1.165, 1.54) is 36.4 Å². The molecule has 5 fully saturated rings. The van der Waals surface area contributed by atoms with Crippen molar-refractivity contribution in [3.05, 3.63) is 28.8 Å². The van der Waals surface area contributed by atoms with Gasteiger partial charge in [-0.3, -0.25) is 4.79 Å². The maximum Gasteiger partial charge on any atom is 0.244 e. The molecule has 4 aliphatic carbocycles. The van der Waals surface area contributed by atoms with Crippen molar-refractivity contribution >= 4 is 27.5 Å². The van der Waals surface area contributed by atoms with E-state index < -0.39 is 15.6 Å². The van der Waals surface area contributed by atoms with Crippen LogP contribution in [0.2, 0.25) is 5.02 Å². The van der Waals surface area contributed by atoms with Crippen LogP contribution in [0.25, 0.3) is 0 Å². The molecular weight excluding hydrogens is 420 g/mol. The number of hydrogen-bond acceptors (Lipinski definition) is 3. The topological polar surface area (TPSA) is 66.5 Å². The number of sulfonamides is 1. The molecule has 1 aromatic rings. The van der Waals surface area contributed by atoms with E-state index in [-0.39, 0.29) is 16.8 Å². The number of nitrogens with zero attached hydrogens (tertiary/aromatic N) is 1. The van der Waals surface area contributed by atoms with E-state index in [9.17, 15) is 13.2 Å². The molecule has 1 N–H and O–H groups in total. The molecule has 164 valence electrons. The summed E-state index contributed by atoms with van der Waals surface area (Å²) >= 11 is 6.20. The van der Waals surface area contributed by atoms with Gasteiger partial charge < -0.3 is 5.32 Å². The standard InChI is InChI=1S/C23H31ClN2O3S/c1-14-19(24)5-3-6-20(14)30(28,29)26-8-4-7-23(26,2)22(27)25-21-17-10-15-9-16(12-17)13-18(21)11-15/h3,5-6,15-18,21H,4,7-13H2,1-2H3,(H,25,27)/t15?,16?,17?,18?,21?,23-/m1/s1. The predicted octanol–water partition coefficient (Wildman–Crippen LogP) is 4.13. The lowest BCUT2D eigenvalue weighted by Gasteiger charge is -2.54. The van der Waals surface area contributed by atoms with Crippen LogP contribution < -0.4 is 5.32 Å². The number of halogens is 1. The largest absolute Gasteiger partial charge is 0.351 e. The van der Waals surface area contributed by atoms with Crippen molar-refractivity contribution in [3.8, 4) is 0 Å². The Balaban J connectivity index is 1.40. The molecule has 1 aliphatic heterocycles. The third-order valence-electron chi connectivity index (χ3n) is 8.37. The summed E-state index contributed by atoms with van der Waals surface area (Å²) in [7, 11) is -3.82. The molecule has 0 spiro atoms. The number of benzene rings is 1. The zero-order valence-electron chi connectivity index (χ0n) is 17.7. The molecule has 1 atom stereocenters. The Morgan fingerprint density at radius 1 is 1.13 bits per heavy atom. The molecule has 5 nitrogen and oxygen atoms in total. The van der Waals surface area contributed by atoms with Crippen LogP contribution in [0.4, 0.5) is 0 Å². The van der Waals surface area contributed by atoms with Gasteiger partial charge in [-0.15, -0.1) is 0 Å². The van der Waals surface area contributed by atoms with Gasteiger partial charge in [-0.2, -0.15) is 4.31 Å². The van der Waals surface area contributed by atoms with Crippen LogP contribution in [0.3, 0.4) is 0 Å². The van der Waals surface area contributed by atoms with E-state index >= 15 is 0 Å². The first kappa shape index (κ1) is 20.8. The SMILES string of the molecule is Cc1c(Cl)cccc1S(=O)(=O)N1CCC[C@]1(C)C(=O)NC1C2CC3CC(C2)CC1C3. The maximum absolute atomic E-state index is 13.6. The zero-order valence-corrected chi connectivity index (χ0v) is 19.3. The fourth-order valence-corrected chi connectivity index (χ4v) is 9.29. The molecule has 0 unspecified atom stereocenters. The minimum absolute atomic E-state index is 0.124. The van der Waals surface area contributed by atoms with E-state index in [0.717, 1.165) is 11.8 Å². The van der Waals surface area contributed by atoms with Gasteiger partial charge in [-0.1, -0.05) is 17.7 Å². The Kier molecular flexibility index (Phi) is 4.99. The highest BCUT2D eigenvalue weighted by Crippen LogP contribution is 2.54. The first-order chi connectivity index (χ1) is 14.2. The average Bonchev–Trinajstić information content (AvgIpc) is 3.10. The summed E-state index contributed by atoms with van der Waals surface area (Å²) < 4.78 is 28.5. The van der Waals surface area contributed by atoms with Crippen molar-refractivity contribution in [3.63, 3.8) is 0 Å². The Labute approximate surface area is 184 Å². The fraction of sp³-hybridized carbons (Fsp3) is 0.696. The normalized spacial score (nSPS) is 38.2. The van der Waals surface area contributed by atoms with Crippen molar-refractivity contribution in [2.24, 2.45) is 23.7 Å². The minimum atomic E-state index is -3.82. The van der Waals surface area contributed by atoms with Gasteiger partial charge in [0, 0.05) is 17.6 Å². The van der Waals surface area contributed by atoms with Crippen LogP contribution >= 0.6 is 11.6 Å². The van der Waals surface area contributed by atoms with E-state index in [2.05, 4.69) is 5.32 Å². The summed E-state index contributed by atoms with van der Waals surface area (Å²) in [5, 5.41) is 3.78. The van der Waals surface area contributed by atoms with E-state index in [1.807, 2.05) is 0 Å². The number of amides is 1. The summed E-state index contributed by atoms with van der Waals surface area (Å²) in [6, 6.07) is 5.15. The fourth-order valence-electron chi connectivity index (χ4n) is 7.00. The van der Waals surface area contributed by atoms with Gasteiger partial charge in [0.25, 0.3) is 0 Å². The summed E-state index contributed by atoms with van der Waals surface area (Å²) in [5.74, 6) is 2.68. The van der Waals surface area contributed by atoms with Gasteiger partial charge in [-0.05, 0) is 100 Å². The van der Waals surface area contributed by atoms with E-state index in [1.54, 1.807) is 32.0 Å². The van der Waals surface area contributed by atoms with Gasteiger partial charge in [-0.25, -0.2) is 8.42 Å². The lowest BCUT2D eigenvalue weighted by Crippen LogP contribution is -2.62. The molecule has 1 aromatic carbocycles. The first-order valence-corrected chi connectivity index (χ1v) is 13.1. The number of hydrogen-bond donors (Lipinski definition) is 1. The number of carbonyl (C=O) groups excluding carboxylic acids is 1. The van der Waals surface area contributed by atoms with Crippen molar-refractivity contribution in [1.29, 1.82) is 0 Å². The zero-order chi connectivity index (χ0) is 21.3. The van der Waals surface area contributed by atoms with Gasteiger partial charge in [0.15, 0.2) is 0 Å². The quantitative estimate of drug-likeness (QED) is 0.749.